The molecule has 0 atom stereocenters. The first-order valence-corrected chi connectivity index (χ1v) is 8.96. The van der Waals surface area contributed by atoms with Gasteiger partial charge in [-0.2, -0.15) is 13.2 Å². The minimum Gasteiger partial charge on any atom is -0.475 e. The van der Waals surface area contributed by atoms with E-state index < -0.39 is 17.6 Å². The molecular formula is C18H25F3IN5O2. The molecule has 0 aromatic carbocycles. The number of rotatable bonds is 8. The third-order valence-corrected chi connectivity index (χ3v) is 3.97. The van der Waals surface area contributed by atoms with E-state index in [0.29, 0.717) is 12.5 Å². The van der Waals surface area contributed by atoms with Gasteiger partial charge in [-0.15, -0.1) is 24.0 Å². The van der Waals surface area contributed by atoms with E-state index in [9.17, 15) is 13.2 Å². The lowest BCUT2D eigenvalue weighted by molar-refractivity contribution is -0.139. The van der Waals surface area contributed by atoms with Crippen LogP contribution in [0, 0.1) is 0 Å². The summed E-state index contributed by atoms with van der Waals surface area (Å²) in [7, 11) is 1.60. The van der Waals surface area contributed by atoms with Gasteiger partial charge < -0.3 is 19.9 Å². The third-order valence-electron chi connectivity index (χ3n) is 3.97. The predicted molar refractivity (Wildman–Crippen MR) is 114 cm³/mol. The maximum absolute atomic E-state index is 12.9. The summed E-state index contributed by atoms with van der Waals surface area (Å²) < 4.78 is 49.3. The van der Waals surface area contributed by atoms with Crippen LogP contribution in [0.1, 0.15) is 36.4 Å². The first-order chi connectivity index (χ1) is 13.4. The van der Waals surface area contributed by atoms with E-state index in [0.717, 1.165) is 35.9 Å². The molecular weight excluding hydrogens is 502 g/mol. The fraction of sp³-hybridized carbons (Fsp3) is 0.500. The number of ether oxygens (including phenoxy) is 1. The Labute approximate surface area is 184 Å². The Morgan fingerprint density at radius 3 is 2.62 bits per heavy atom. The van der Waals surface area contributed by atoms with Crippen molar-refractivity contribution in [1.82, 2.24) is 20.8 Å². The number of hydrogen-bond donors (Lipinski definition) is 2. The Balaban J connectivity index is 0.00000420. The van der Waals surface area contributed by atoms with Crippen LogP contribution in [0.4, 0.5) is 13.2 Å². The van der Waals surface area contributed by atoms with Gasteiger partial charge in [0.05, 0.1) is 12.2 Å². The molecule has 0 saturated carbocycles. The van der Waals surface area contributed by atoms with E-state index in [1.54, 1.807) is 7.05 Å². The number of guanidine groups is 1. The van der Waals surface area contributed by atoms with Crippen molar-refractivity contribution in [3.05, 3.63) is 40.9 Å². The highest BCUT2D eigenvalue weighted by atomic mass is 127. The lowest BCUT2D eigenvalue weighted by atomic mass is 10.1. The summed E-state index contributed by atoms with van der Waals surface area (Å²) in [4.78, 5) is 7.75. The van der Waals surface area contributed by atoms with Crippen LogP contribution in [0.5, 0.6) is 5.88 Å². The Bertz CT molecular complexity index is 775. The van der Waals surface area contributed by atoms with E-state index in [1.165, 1.54) is 12.3 Å². The third kappa shape index (κ3) is 7.05. The second-order valence-electron chi connectivity index (χ2n) is 5.79. The average Bonchev–Trinajstić information content (AvgIpc) is 3.09. The highest BCUT2D eigenvalue weighted by Crippen LogP contribution is 2.34. The molecule has 11 heteroatoms. The number of halogens is 4. The molecule has 0 unspecified atom stereocenters. The number of nitrogens with zero attached hydrogens (tertiary/aromatic N) is 3. The average molecular weight is 527 g/mol. The summed E-state index contributed by atoms with van der Waals surface area (Å²) in [5.74, 6) is 0.869. The fourth-order valence-corrected chi connectivity index (χ4v) is 2.57. The molecule has 0 bridgehead atoms. The van der Waals surface area contributed by atoms with Gasteiger partial charge in [-0.1, -0.05) is 19.0 Å². The van der Waals surface area contributed by atoms with Gasteiger partial charge >= 0.3 is 6.18 Å². The molecule has 2 aromatic rings. The molecule has 2 N–H and O–H groups in total. The van der Waals surface area contributed by atoms with Crippen LogP contribution in [-0.4, -0.2) is 36.3 Å². The molecule has 2 aromatic heterocycles. The molecule has 0 aliphatic carbocycles. The first kappa shape index (κ1) is 25.0. The molecule has 0 spiro atoms. The number of pyridine rings is 1. The second-order valence-corrected chi connectivity index (χ2v) is 5.79. The maximum Gasteiger partial charge on any atom is 0.421 e. The SMILES string of the molecule is CCc1noc(CC)c1CNC(=NC)NCCOc1ncccc1C(F)(F)F.I. The Kier molecular flexibility index (Phi) is 10.2. The molecule has 0 fully saturated rings. The summed E-state index contributed by atoms with van der Waals surface area (Å²) in [5, 5.41) is 10.2. The summed E-state index contributed by atoms with van der Waals surface area (Å²) in [6.07, 6.45) is -1.77. The van der Waals surface area contributed by atoms with E-state index in [1.807, 2.05) is 13.8 Å². The number of alkyl halides is 3. The van der Waals surface area contributed by atoms with E-state index >= 15 is 0 Å². The van der Waals surface area contributed by atoms with E-state index in [2.05, 4.69) is 25.8 Å². The zero-order chi connectivity index (χ0) is 20.6. The highest BCUT2D eigenvalue weighted by Gasteiger charge is 2.34. The van der Waals surface area contributed by atoms with Crippen LogP contribution in [0.25, 0.3) is 0 Å². The van der Waals surface area contributed by atoms with Crippen molar-refractivity contribution in [2.75, 3.05) is 20.2 Å². The summed E-state index contributed by atoms with van der Waals surface area (Å²) in [5.41, 5.74) is 0.981. The smallest absolute Gasteiger partial charge is 0.421 e. The number of hydrogen-bond acceptors (Lipinski definition) is 5. The fourth-order valence-electron chi connectivity index (χ4n) is 2.57. The number of nitrogens with one attached hydrogen (secondary N) is 2. The van der Waals surface area contributed by atoms with Gasteiger partial charge in [0.25, 0.3) is 0 Å². The van der Waals surface area contributed by atoms with Gasteiger partial charge in [-0.3, -0.25) is 4.99 Å². The van der Waals surface area contributed by atoms with Crippen molar-refractivity contribution in [3.63, 3.8) is 0 Å². The minimum absolute atomic E-state index is 0. The molecule has 0 aliphatic heterocycles. The minimum atomic E-state index is -4.51. The molecule has 0 amide bonds. The van der Waals surface area contributed by atoms with Crippen molar-refractivity contribution < 1.29 is 22.4 Å². The number of aryl methyl sites for hydroxylation is 2. The van der Waals surface area contributed by atoms with Crippen molar-refractivity contribution >= 4 is 29.9 Å². The Morgan fingerprint density at radius 2 is 2.00 bits per heavy atom. The summed E-state index contributed by atoms with van der Waals surface area (Å²) in [6, 6.07) is 2.16. The number of aliphatic imine (C=N–C) groups is 1. The molecule has 2 rings (SSSR count). The van der Waals surface area contributed by atoms with Gasteiger partial charge in [0.15, 0.2) is 5.96 Å². The Hall–Kier alpha value is -2.05. The van der Waals surface area contributed by atoms with E-state index in [4.69, 9.17) is 9.26 Å². The molecule has 162 valence electrons. The standard InChI is InChI=1S/C18H24F3N5O2.HI/c1-4-14-12(15(5-2)28-26-14)11-25-17(22-3)24-9-10-27-16-13(18(19,20)21)7-6-8-23-16;/h6-8H,4-5,9-11H2,1-3H3,(H2,22,24,25);1H. The topological polar surface area (TPSA) is 84.6 Å². The van der Waals surface area contributed by atoms with Gasteiger partial charge in [-0.05, 0) is 18.6 Å². The zero-order valence-corrected chi connectivity index (χ0v) is 18.8. The molecule has 0 saturated heterocycles. The van der Waals surface area contributed by atoms with Crippen molar-refractivity contribution in [2.24, 2.45) is 4.99 Å². The lowest BCUT2D eigenvalue weighted by Gasteiger charge is -2.14. The van der Waals surface area contributed by atoms with Gasteiger partial charge in [-0.25, -0.2) is 4.98 Å². The van der Waals surface area contributed by atoms with Crippen molar-refractivity contribution in [1.29, 1.82) is 0 Å². The van der Waals surface area contributed by atoms with Crippen molar-refractivity contribution in [3.8, 4) is 5.88 Å². The summed E-state index contributed by atoms with van der Waals surface area (Å²) >= 11 is 0. The second kappa shape index (κ2) is 11.8. The molecule has 7 nitrogen and oxygen atoms in total. The van der Waals surface area contributed by atoms with Gasteiger partial charge in [0.1, 0.15) is 17.9 Å². The largest absolute Gasteiger partial charge is 0.475 e. The Morgan fingerprint density at radius 1 is 1.24 bits per heavy atom. The monoisotopic (exact) mass is 527 g/mol. The van der Waals surface area contributed by atoms with Crippen LogP contribution in [0.2, 0.25) is 0 Å². The first-order valence-electron chi connectivity index (χ1n) is 8.96. The van der Waals surface area contributed by atoms with Crippen LogP contribution in [-0.2, 0) is 25.6 Å². The molecule has 2 heterocycles. The van der Waals surface area contributed by atoms with Gasteiger partial charge in [0, 0.05) is 31.8 Å². The normalized spacial score (nSPS) is 11.7. The zero-order valence-electron chi connectivity index (χ0n) is 16.5. The van der Waals surface area contributed by atoms with E-state index in [-0.39, 0.29) is 37.1 Å². The van der Waals surface area contributed by atoms with Gasteiger partial charge in [0.2, 0.25) is 5.88 Å². The van der Waals surface area contributed by atoms with Crippen molar-refractivity contribution in [2.45, 2.75) is 39.4 Å². The molecule has 29 heavy (non-hydrogen) atoms. The summed E-state index contributed by atoms with van der Waals surface area (Å²) in [6.45, 7) is 4.71. The molecule has 0 radical (unpaired) electrons. The van der Waals surface area contributed by atoms with Crippen LogP contribution in [0.3, 0.4) is 0 Å². The highest BCUT2D eigenvalue weighted by molar-refractivity contribution is 14.0. The predicted octanol–water partition coefficient (Wildman–Crippen LogP) is 3.58. The maximum atomic E-state index is 12.9. The van der Waals surface area contributed by atoms with Crippen LogP contribution < -0.4 is 15.4 Å². The van der Waals surface area contributed by atoms with Crippen LogP contribution in [0.15, 0.2) is 27.8 Å². The lowest BCUT2D eigenvalue weighted by Crippen LogP contribution is -2.39. The quantitative estimate of drug-likeness (QED) is 0.237. The molecule has 0 aliphatic rings. The van der Waals surface area contributed by atoms with Crippen LogP contribution >= 0.6 is 24.0 Å². The number of aromatic nitrogens is 2.